The van der Waals surface area contributed by atoms with Crippen molar-refractivity contribution in [3.8, 4) is 17.6 Å². The summed E-state index contributed by atoms with van der Waals surface area (Å²) < 4.78 is 12.0. The van der Waals surface area contributed by atoms with Gasteiger partial charge in [-0.15, -0.1) is 0 Å². The fraction of sp³-hybridized carbons (Fsp3) is 0.440. The molecule has 29 heavy (non-hydrogen) atoms. The number of aryl methyl sites for hydroxylation is 1. The lowest BCUT2D eigenvalue weighted by atomic mass is 9.89. The van der Waals surface area contributed by atoms with Gasteiger partial charge in [0.05, 0.1) is 23.7 Å². The second kappa shape index (κ2) is 10.7. The maximum absolute atomic E-state index is 12.1. The first-order valence-electron chi connectivity index (χ1n) is 10.2. The molecule has 2 aromatic rings. The van der Waals surface area contributed by atoms with Gasteiger partial charge in [-0.3, -0.25) is 4.79 Å². The number of carbonyl (C=O) groups excluding carboxylic acids is 1. The van der Waals surface area contributed by atoms with Gasteiger partial charge in [-0.05, 0) is 63.6 Å². The first kappa shape index (κ1) is 22.5. The molecule has 154 valence electrons. The highest BCUT2D eigenvalue weighted by atomic mass is 16.5. The minimum absolute atomic E-state index is 0.0203. The largest absolute Gasteiger partial charge is 0.493 e. The Bertz CT molecular complexity index is 850. The number of nitrogens with zero attached hydrogens (tertiary/aromatic N) is 1. The number of ketones is 1. The van der Waals surface area contributed by atoms with Crippen LogP contribution in [0, 0.1) is 16.7 Å². The van der Waals surface area contributed by atoms with Crippen LogP contribution in [0.15, 0.2) is 42.5 Å². The Hall–Kier alpha value is -2.80. The van der Waals surface area contributed by atoms with Gasteiger partial charge in [-0.1, -0.05) is 37.3 Å². The van der Waals surface area contributed by atoms with Crippen LogP contribution in [0.4, 0.5) is 0 Å². The van der Waals surface area contributed by atoms with Gasteiger partial charge >= 0.3 is 0 Å². The predicted molar refractivity (Wildman–Crippen MR) is 115 cm³/mol. The topological polar surface area (TPSA) is 59.3 Å². The van der Waals surface area contributed by atoms with Gasteiger partial charge in [-0.2, -0.15) is 5.26 Å². The van der Waals surface area contributed by atoms with Gasteiger partial charge < -0.3 is 9.47 Å². The monoisotopic (exact) mass is 393 g/mol. The standard InChI is InChI=1S/C25H31NO3/c1-5-21-15-22(19(2)27)24(29-17-20-11-7-6-8-12-20)16-23(21)28-14-10-9-13-25(3,4)18-26/h6-8,11-12,15-16H,5,9-10,13-14,17H2,1-4H3. The molecule has 4 nitrogen and oxygen atoms in total. The zero-order valence-electron chi connectivity index (χ0n) is 18.0. The normalized spacial score (nSPS) is 11.0. The predicted octanol–water partition coefficient (Wildman–Crippen LogP) is 6.13. The number of carbonyl (C=O) groups is 1. The van der Waals surface area contributed by atoms with Gasteiger partial charge in [0.25, 0.3) is 0 Å². The minimum atomic E-state index is -0.295. The van der Waals surface area contributed by atoms with Gasteiger partial charge in [-0.25, -0.2) is 0 Å². The molecular weight excluding hydrogens is 362 g/mol. The molecule has 0 N–H and O–H groups in total. The Balaban J connectivity index is 2.08. The van der Waals surface area contributed by atoms with Crippen molar-refractivity contribution in [1.29, 1.82) is 5.26 Å². The molecule has 0 spiro atoms. The first-order chi connectivity index (χ1) is 13.9. The quantitative estimate of drug-likeness (QED) is 0.340. The van der Waals surface area contributed by atoms with E-state index in [0.29, 0.717) is 24.5 Å². The van der Waals surface area contributed by atoms with E-state index in [2.05, 4.69) is 6.07 Å². The average Bonchev–Trinajstić information content (AvgIpc) is 2.72. The first-order valence-corrected chi connectivity index (χ1v) is 10.2. The fourth-order valence-electron chi connectivity index (χ4n) is 3.05. The van der Waals surface area contributed by atoms with E-state index in [-0.39, 0.29) is 11.2 Å². The minimum Gasteiger partial charge on any atom is -0.493 e. The van der Waals surface area contributed by atoms with Crippen LogP contribution >= 0.6 is 0 Å². The van der Waals surface area contributed by atoms with Crippen molar-refractivity contribution in [3.05, 3.63) is 59.2 Å². The van der Waals surface area contributed by atoms with Gasteiger partial charge in [0.15, 0.2) is 5.78 Å². The van der Waals surface area contributed by atoms with E-state index in [4.69, 9.17) is 14.7 Å². The van der Waals surface area contributed by atoms with E-state index in [9.17, 15) is 4.79 Å². The number of nitriles is 1. The molecule has 0 saturated heterocycles. The van der Waals surface area contributed by atoms with E-state index in [1.54, 1.807) is 6.92 Å². The molecular formula is C25H31NO3. The maximum atomic E-state index is 12.1. The number of rotatable bonds is 11. The lowest BCUT2D eigenvalue weighted by Gasteiger charge is -2.17. The van der Waals surface area contributed by atoms with Crippen molar-refractivity contribution in [1.82, 2.24) is 0 Å². The molecule has 2 rings (SSSR count). The summed E-state index contributed by atoms with van der Waals surface area (Å²) >= 11 is 0. The third-order valence-electron chi connectivity index (χ3n) is 4.92. The molecule has 0 aliphatic heterocycles. The number of ether oxygens (including phenoxy) is 2. The van der Waals surface area contributed by atoms with Crippen molar-refractivity contribution in [2.24, 2.45) is 5.41 Å². The van der Waals surface area contributed by atoms with Crippen molar-refractivity contribution in [2.45, 2.75) is 60.0 Å². The van der Waals surface area contributed by atoms with Gasteiger partial charge in [0.1, 0.15) is 18.1 Å². The van der Waals surface area contributed by atoms with Crippen molar-refractivity contribution in [3.63, 3.8) is 0 Å². The van der Waals surface area contributed by atoms with Crippen LogP contribution < -0.4 is 9.47 Å². The van der Waals surface area contributed by atoms with Crippen LogP contribution in [0.5, 0.6) is 11.5 Å². The Kier molecular flexibility index (Phi) is 8.27. The van der Waals surface area contributed by atoms with E-state index < -0.39 is 0 Å². The molecule has 0 radical (unpaired) electrons. The summed E-state index contributed by atoms with van der Waals surface area (Å²) in [6, 6.07) is 15.9. The number of hydrogen-bond acceptors (Lipinski definition) is 4. The summed E-state index contributed by atoms with van der Waals surface area (Å²) in [6.45, 7) is 8.49. The summed E-state index contributed by atoms with van der Waals surface area (Å²) in [7, 11) is 0. The molecule has 0 atom stereocenters. The van der Waals surface area contributed by atoms with Crippen molar-refractivity contribution >= 4 is 5.78 Å². The lowest BCUT2D eigenvalue weighted by molar-refractivity contribution is 0.101. The maximum Gasteiger partial charge on any atom is 0.163 e. The van der Waals surface area contributed by atoms with E-state index in [1.165, 1.54) is 0 Å². The van der Waals surface area contributed by atoms with Crippen LogP contribution in [-0.4, -0.2) is 12.4 Å². The van der Waals surface area contributed by atoms with E-state index >= 15 is 0 Å². The molecule has 0 bridgehead atoms. The van der Waals surface area contributed by atoms with Crippen LogP contribution in [-0.2, 0) is 13.0 Å². The second-order valence-electron chi connectivity index (χ2n) is 7.94. The van der Waals surface area contributed by atoms with E-state index in [1.807, 2.05) is 63.2 Å². The Labute approximate surface area is 174 Å². The summed E-state index contributed by atoms with van der Waals surface area (Å²) in [4.78, 5) is 12.1. The summed E-state index contributed by atoms with van der Waals surface area (Å²) in [5.41, 5.74) is 2.33. The van der Waals surface area contributed by atoms with Gasteiger partial charge in [0, 0.05) is 6.07 Å². The number of benzene rings is 2. The van der Waals surface area contributed by atoms with E-state index in [0.717, 1.165) is 42.6 Å². The van der Waals surface area contributed by atoms with Crippen LogP contribution in [0.2, 0.25) is 0 Å². The lowest BCUT2D eigenvalue weighted by Crippen LogP contribution is -2.09. The zero-order chi connectivity index (χ0) is 21.3. The molecule has 0 amide bonds. The summed E-state index contributed by atoms with van der Waals surface area (Å²) in [6.07, 6.45) is 3.44. The summed E-state index contributed by atoms with van der Waals surface area (Å²) in [5.74, 6) is 1.30. The second-order valence-corrected chi connectivity index (χ2v) is 7.94. The molecule has 0 saturated carbocycles. The highest BCUT2D eigenvalue weighted by Crippen LogP contribution is 2.31. The Morgan fingerprint density at radius 2 is 1.79 bits per heavy atom. The Morgan fingerprint density at radius 1 is 1.07 bits per heavy atom. The van der Waals surface area contributed by atoms with Crippen LogP contribution in [0.3, 0.4) is 0 Å². The number of Topliss-reactive ketones (excluding diaryl/α,β-unsaturated/α-hetero) is 1. The van der Waals surface area contributed by atoms with Crippen molar-refractivity contribution in [2.75, 3.05) is 6.61 Å². The average molecular weight is 394 g/mol. The highest BCUT2D eigenvalue weighted by molar-refractivity contribution is 5.97. The molecule has 0 aliphatic carbocycles. The number of hydrogen-bond donors (Lipinski definition) is 0. The molecule has 0 aliphatic rings. The molecule has 0 aromatic heterocycles. The molecule has 4 heteroatoms. The summed E-state index contributed by atoms with van der Waals surface area (Å²) in [5, 5.41) is 9.11. The molecule has 0 heterocycles. The highest BCUT2D eigenvalue weighted by Gasteiger charge is 2.17. The molecule has 0 unspecified atom stereocenters. The Morgan fingerprint density at radius 3 is 2.41 bits per heavy atom. The third-order valence-corrected chi connectivity index (χ3v) is 4.92. The fourth-order valence-corrected chi connectivity index (χ4v) is 3.05. The molecule has 2 aromatic carbocycles. The third kappa shape index (κ3) is 6.94. The molecule has 0 fully saturated rings. The smallest absolute Gasteiger partial charge is 0.163 e. The SMILES string of the molecule is CCc1cc(C(C)=O)c(OCc2ccccc2)cc1OCCCCC(C)(C)C#N. The zero-order valence-corrected chi connectivity index (χ0v) is 18.0. The van der Waals surface area contributed by atoms with Crippen molar-refractivity contribution < 1.29 is 14.3 Å². The van der Waals surface area contributed by atoms with Crippen LogP contribution in [0.25, 0.3) is 0 Å². The van der Waals surface area contributed by atoms with Crippen LogP contribution in [0.1, 0.15) is 68.4 Å². The van der Waals surface area contributed by atoms with Gasteiger partial charge in [0.2, 0.25) is 0 Å². The number of unbranched alkanes of at least 4 members (excludes halogenated alkanes) is 1.